The first kappa shape index (κ1) is 11.8. The fourth-order valence-corrected chi connectivity index (χ4v) is 1.38. The Morgan fingerprint density at radius 2 is 2.13 bits per heavy atom. The van der Waals surface area contributed by atoms with Gasteiger partial charge in [0.15, 0.2) is 5.84 Å². The molecule has 0 unspecified atom stereocenters. The second-order valence-corrected chi connectivity index (χ2v) is 2.99. The Hall–Kier alpha value is -1.26. The predicted octanol–water partition coefficient (Wildman–Crippen LogP) is 1.83. The van der Waals surface area contributed by atoms with Gasteiger partial charge < -0.3 is 4.84 Å². The molecule has 0 aliphatic carbocycles. The van der Waals surface area contributed by atoms with E-state index in [1.54, 1.807) is 12.1 Å². The van der Waals surface area contributed by atoms with Crippen molar-refractivity contribution in [1.29, 1.82) is 0 Å². The van der Waals surface area contributed by atoms with E-state index in [2.05, 4.69) is 10.6 Å². The number of nitrogens with zero attached hydrogens (tertiary/aromatic N) is 2. The molecule has 0 aliphatic heterocycles. The minimum Gasteiger partial charge on any atom is -0.398 e. The van der Waals surface area contributed by atoms with Crippen LogP contribution in [0.4, 0.5) is 5.69 Å². The zero-order chi connectivity index (χ0) is 11.1. The van der Waals surface area contributed by atoms with E-state index in [0.29, 0.717) is 5.84 Å². The molecule has 5 heteroatoms. The van der Waals surface area contributed by atoms with Crippen LogP contribution in [0.5, 0.6) is 0 Å². The molecule has 0 saturated carbocycles. The highest BCUT2D eigenvalue weighted by atomic mass is 35.5. The summed E-state index contributed by atoms with van der Waals surface area (Å²) in [6.07, 6.45) is 0. The summed E-state index contributed by atoms with van der Waals surface area (Å²) in [4.78, 5) is 4.72. The number of alkyl halides is 1. The summed E-state index contributed by atoms with van der Waals surface area (Å²) in [6.45, 7) is 0. The lowest BCUT2D eigenvalue weighted by Crippen LogP contribution is -2.41. The summed E-state index contributed by atoms with van der Waals surface area (Å²) < 4.78 is 0. The molecule has 15 heavy (non-hydrogen) atoms. The molecule has 0 amide bonds. The van der Waals surface area contributed by atoms with Crippen molar-refractivity contribution in [1.82, 2.24) is 5.43 Å². The summed E-state index contributed by atoms with van der Waals surface area (Å²) in [6, 6.07) is 9.74. The van der Waals surface area contributed by atoms with Gasteiger partial charge in [-0.05, 0) is 12.1 Å². The van der Waals surface area contributed by atoms with Crippen LogP contribution in [0.1, 0.15) is 0 Å². The van der Waals surface area contributed by atoms with Crippen LogP contribution in [0.2, 0.25) is 0 Å². The van der Waals surface area contributed by atoms with Gasteiger partial charge in [0.25, 0.3) is 0 Å². The molecule has 0 atom stereocenters. The number of hydrogen-bond donors (Lipinski definition) is 1. The Kier molecular flexibility index (Phi) is 4.93. The lowest BCUT2D eigenvalue weighted by atomic mass is 10.3. The van der Waals surface area contributed by atoms with Gasteiger partial charge in [0.05, 0.1) is 11.6 Å². The summed E-state index contributed by atoms with van der Waals surface area (Å²) in [5, 5.41) is 5.60. The van der Waals surface area contributed by atoms with Crippen LogP contribution < -0.4 is 10.4 Å². The van der Waals surface area contributed by atoms with E-state index in [9.17, 15) is 0 Å². The SMILES string of the molecule is CNN(C(CCl)=NOC)c1ccccc1. The van der Waals surface area contributed by atoms with E-state index >= 15 is 0 Å². The number of amidine groups is 1. The Morgan fingerprint density at radius 1 is 1.47 bits per heavy atom. The number of rotatable bonds is 4. The number of anilines is 1. The van der Waals surface area contributed by atoms with Crippen LogP contribution in [0, 0.1) is 0 Å². The van der Waals surface area contributed by atoms with Crippen molar-refractivity contribution in [3.8, 4) is 0 Å². The van der Waals surface area contributed by atoms with Gasteiger partial charge in [-0.2, -0.15) is 0 Å². The second-order valence-electron chi connectivity index (χ2n) is 2.72. The van der Waals surface area contributed by atoms with E-state index in [0.717, 1.165) is 5.69 Å². The maximum absolute atomic E-state index is 5.78. The molecule has 1 rings (SSSR count). The van der Waals surface area contributed by atoms with Crippen LogP contribution in [-0.4, -0.2) is 25.9 Å². The zero-order valence-electron chi connectivity index (χ0n) is 8.77. The monoisotopic (exact) mass is 227 g/mol. The molecule has 1 aromatic carbocycles. The molecule has 0 fully saturated rings. The number of benzene rings is 1. The lowest BCUT2D eigenvalue weighted by molar-refractivity contribution is 0.212. The Labute approximate surface area is 94.4 Å². The standard InChI is InChI=1S/C10H14ClN3O/c1-12-14(10(8-11)13-15-2)9-6-4-3-5-7-9/h3-7,12H,8H2,1-2H3. The molecule has 1 N–H and O–H groups in total. The maximum atomic E-state index is 5.78. The highest BCUT2D eigenvalue weighted by Crippen LogP contribution is 2.11. The van der Waals surface area contributed by atoms with Crippen LogP contribution in [0.3, 0.4) is 0 Å². The molecule has 0 heterocycles. The fraction of sp³-hybridized carbons (Fsp3) is 0.300. The minimum absolute atomic E-state index is 0.267. The number of hydrogen-bond acceptors (Lipinski definition) is 3. The molecule has 0 saturated heterocycles. The molecule has 0 aromatic heterocycles. The number of para-hydroxylation sites is 1. The molecule has 0 aliphatic rings. The number of hydrazine groups is 1. The zero-order valence-corrected chi connectivity index (χ0v) is 9.53. The summed E-state index contributed by atoms with van der Waals surface area (Å²) in [7, 11) is 3.29. The van der Waals surface area contributed by atoms with E-state index in [1.165, 1.54) is 7.11 Å². The van der Waals surface area contributed by atoms with Crippen LogP contribution in [0.25, 0.3) is 0 Å². The largest absolute Gasteiger partial charge is 0.398 e. The van der Waals surface area contributed by atoms with Crippen molar-refractivity contribution in [3.63, 3.8) is 0 Å². The quantitative estimate of drug-likeness (QED) is 0.369. The summed E-state index contributed by atoms with van der Waals surface area (Å²) in [5.41, 5.74) is 3.95. The third kappa shape index (κ3) is 3.11. The van der Waals surface area contributed by atoms with Crippen molar-refractivity contribution in [2.75, 3.05) is 25.0 Å². The highest BCUT2D eigenvalue weighted by molar-refractivity contribution is 6.30. The van der Waals surface area contributed by atoms with Crippen LogP contribution in [0.15, 0.2) is 35.5 Å². The number of nitrogens with one attached hydrogen (secondary N) is 1. The Morgan fingerprint density at radius 3 is 2.60 bits per heavy atom. The average Bonchev–Trinajstić information content (AvgIpc) is 2.30. The van der Waals surface area contributed by atoms with Gasteiger partial charge in [-0.25, -0.2) is 5.43 Å². The Balaban J connectivity index is 2.93. The average molecular weight is 228 g/mol. The summed E-state index contributed by atoms with van der Waals surface area (Å²) >= 11 is 5.78. The minimum atomic E-state index is 0.267. The van der Waals surface area contributed by atoms with Gasteiger partial charge in [0.2, 0.25) is 0 Å². The molecule has 0 bridgehead atoms. The number of oxime groups is 1. The molecule has 1 aromatic rings. The first-order valence-corrected chi connectivity index (χ1v) is 5.05. The third-order valence-corrected chi connectivity index (χ3v) is 2.05. The first-order chi connectivity index (χ1) is 7.33. The van der Waals surface area contributed by atoms with Crippen molar-refractivity contribution in [2.24, 2.45) is 5.16 Å². The second kappa shape index (κ2) is 6.27. The Bertz CT molecular complexity index is 316. The van der Waals surface area contributed by atoms with Gasteiger partial charge >= 0.3 is 0 Å². The normalized spacial score (nSPS) is 11.3. The van der Waals surface area contributed by atoms with Gasteiger partial charge in [0.1, 0.15) is 7.11 Å². The first-order valence-electron chi connectivity index (χ1n) is 4.52. The molecule has 82 valence electrons. The van der Waals surface area contributed by atoms with Crippen molar-refractivity contribution in [3.05, 3.63) is 30.3 Å². The summed E-state index contributed by atoms with van der Waals surface area (Å²) in [5.74, 6) is 0.872. The van der Waals surface area contributed by atoms with Crippen LogP contribution in [-0.2, 0) is 4.84 Å². The number of halogens is 1. The van der Waals surface area contributed by atoms with E-state index in [1.807, 2.05) is 30.3 Å². The lowest BCUT2D eigenvalue weighted by Gasteiger charge is -2.22. The fourth-order valence-electron chi connectivity index (χ4n) is 1.21. The van der Waals surface area contributed by atoms with E-state index < -0.39 is 0 Å². The molecule has 4 nitrogen and oxygen atoms in total. The van der Waals surface area contributed by atoms with E-state index in [-0.39, 0.29) is 5.88 Å². The highest BCUT2D eigenvalue weighted by Gasteiger charge is 2.11. The topological polar surface area (TPSA) is 36.9 Å². The smallest absolute Gasteiger partial charge is 0.178 e. The van der Waals surface area contributed by atoms with Crippen molar-refractivity contribution in [2.45, 2.75) is 0 Å². The van der Waals surface area contributed by atoms with Gasteiger partial charge in [-0.1, -0.05) is 23.4 Å². The van der Waals surface area contributed by atoms with Crippen molar-refractivity contribution < 1.29 is 4.84 Å². The molecular formula is C10H14ClN3O. The third-order valence-electron chi connectivity index (χ3n) is 1.81. The predicted molar refractivity (Wildman–Crippen MR) is 63.1 cm³/mol. The maximum Gasteiger partial charge on any atom is 0.178 e. The van der Waals surface area contributed by atoms with Gasteiger partial charge in [0, 0.05) is 7.05 Å². The van der Waals surface area contributed by atoms with Crippen molar-refractivity contribution >= 4 is 23.1 Å². The van der Waals surface area contributed by atoms with Crippen LogP contribution >= 0.6 is 11.6 Å². The van der Waals surface area contributed by atoms with E-state index in [4.69, 9.17) is 16.4 Å². The van der Waals surface area contributed by atoms with Gasteiger partial charge in [-0.3, -0.25) is 5.01 Å². The van der Waals surface area contributed by atoms with Gasteiger partial charge in [-0.15, -0.1) is 11.6 Å². The molecule has 0 spiro atoms. The molecule has 0 radical (unpaired) electrons. The molecular weight excluding hydrogens is 214 g/mol.